The zero-order valence-electron chi connectivity index (χ0n) is 18.0. The number of piperazine rings is 1. The number of hydrogen-bond acceptors (Lipinski definition) is 5. The molecule has 0 saturated carbocycles. The highest BCUT2D eigenvalue weighted by Crippen LogP contribution is 2.23. The number of hydrogen-bond donors (Lipinski definition) is 0. The average Bonchev–Trinajstić information content (AvgIpc) is 2.78. The predicted octanol–water partition coefficient (Wildman–Crippen LogP) is 2.95. The highest BCUT2D eigenvalue weighted by Gasteiger charge is 2.31. The van der Waals surface area contributed by atoms with Crippen molar-refractivity contribution in [3.05, 3.63) is 70.1 Å². The average molecular weight is 460 g/mol. The Bertz CT molecular complexity index is 1200. The third-order valence-corrected chi connectivity index (χ3v) is 5.63. The Hall–Kier alpha value is -3.40. The Kier molecular flexibility index (Phi) is 6.37. The first-order chi connectivity index (χ1) is 15.7. The predicted molar refractivity (Wildman–Crippen MR) is 116 cm³/mol. The quantitative estimate of drug-likeness (QED) is 0.586. The molecule has 1 aromatic heterocycles. The number of carbonyl (C=O) groups is 1. The molecule has 0 atom stereocenters. The van der Waals surface area contributed by atoms with Crippen LogP contribution in [0.2, 0.25) is 0 Å². The van der Waals surface area contributed by atoms with E-state index in [2.05, 4.69) is 14.7 Å². The van der Waals surface area contributed by atoms with E-state index in [9.17, 15) is 22.8 Å². The zero-order valence-corrected chi connectivity index (χ0v) is 18.0. The van der Waals surface area contributed by atoms with E-state index in [0.717, 1.165) is 10.9 Å². The summed E-state index contributed by atoms with van der Waals surface area (Å²) < 4.78 is 41.9. The molecule has 3 aromatic rings. The largest absolute Gasteiger partial charge is 0.573 e. The number of amides is 1. The minimum absolute atomic E-state index is 0.120. The molecule has 10 heteroatoms. The highest BCUT2D eigenvalue weighted by atomic mass is 19.4. The second-order valence-corrected chi connectivity index (χ2v) is 7.94. The van der Waals surface area contributed by atoms with Gasteiger partial charge in [0.15, 0.2) is 0 Å². The fraction of sp³-hybridized carbons (Fsp3) is 0.348. The van der Waals surface area contributed by atoms with Gasteiger partial charge in [0.05, 0.1) is 11.1 Å². The third kappa shape index (κ3) is 5.51. The molecule has 2 heterocycles. The Balaban J connectivity index is 1.33. The van der Waals surface area contributed by atoms with Crippen molar-refractivity contribution in [2.24, 2.45) is 0 Å². The van der Waals surface area contributed by atoms with Crippen molar-refractivity contribution >= 4 is 16.7 Å². The number of carbonyl (C=O) groups excluding carboxylic acids is 1. The lowest BCUT2D eigenvalue weighted by Gasteiger charge is -2.34. The van der Waals surface area contributed by atoms with Crippen LogP contribution in [0.5, 0.6) is 5.75 Å². The Morgan fingerprint density at radius 3 is 2.27 bits per heavy atom. The highest BCUT2D eigenvalue weighted by molar-refractivity contribution is 5.83. The maximum absolute atomic E-state index is 12.8. The van der Waals surface area contributed by atoms with E-state index in [1.165, 1.54) is 16.8 Å². The first kappa shape index (κ1) is 22.8. The molecule has 0 unspecified atom stereocenters. The lowest BCUT2D eigenvalue weighted by molar-refractivity contribution is -0.274. The van der Waals surface area contributed by atoms with Crippen LogP contribution in [0.25, 0.3) is 10.8 Å². The van der Waals surface area contributed by atoms with Crippen molar-refractivity contribution in [3.63, 3.8) is 0 Å². The van der Waals surface area contributed by atoms with Gasteiger partial charge in [-0.05, 0) is 30.7 Å². The van der Waals surface area contributed by atoms with Crippen LogP contribution in [-0.2, 0) is 17.9 Å². The second-order valence-electron chi connectivity index (χ2n) is 7.94. The SMILES string of the molecule is Cc1nn(CC(=O)N2CCN(Cc3ccc(OC(F)(F)F)cc3)CC2)c(=O)c2ccccc12. The van der Waals surface area contributed by atoms with E-state index in [4.69, 9.17) is 0 Å². The smallest absolute Gasteiger partial charge is 0.406 e. The van der Waals surface area contributed by atoms with E-state index < -0.39 is 6.36 Å². The summed E-state index contributed by atoms with van der Waals surface area (Å²) in [5.41, 5.74) is 1.25. The number of alkyl halides is 3. The number of aromatic nitrogens is 2. The third-order valence-electron chi connectivity index (χ3n) is 5.63. The number of halogens is 3. The van der Waals surface area contributed by atoms with Gasteiger partial charge < -0.3 is 9.64 Å². The van der Waals surface area contributed by atoms with Gasteiger partial charge in [-0.2, -0.15) is 5.10 Å². The summed E-state index contributed by atoms with van der Waals surface area (Å²) in [6, 6.07) is 13.0. The van der Waals surface area contributed by atoms with Crippen molar-refractivity contribution in [2.45, 2.75) is 26.4 Å². The van der Waals surface area contributed by atoms with Crippen LogP contribution in [0.1, 0.15) is 11.3 Å². The van der Waals surface area contributed by atoms with Crippen molar-refractivity contribution in [1.82, 2.24) is 19.6 Å². The number of ether oxygens (including phenoxy) is 1. The molecule has 0 N–H and O–H groups in total. The summed E-state index contributed by atoms with van der Waals surface area (Å²) in [4.78, 5) is 29.3. The maximum atomic E-state index is 12.8. The van der Waals surface area contributed by atoms with E-state index in [-0.39, 0.29) is 23.8 Å². The van der Waals surface area contributed by atoms with Gasteiger partial charge in [0.25, 0.3) is 5.56 Å². The molecule has 2 aromatic carbocycles. The Labute approximate surface area is 188 Å². The molecule has 0 aliphatic carbocycles. The monoisotopic (exact) mass is 460 g/mol. The van der Waals surface area contributed by atoms with Crippen molar-refractivity contribution in [1.29, 1.82) is 0 Å². The van der Waals surface area contributed by atoms with E-state index >= 15 is 0 Å². The number of fused-ring (bicyclic) bond motifs is 1. The van der Waals surface area contributed by atoms with Crippen LogP contribution >= 0.6 is 0 Å². The molecule has 1 fully saturated rings. The topological polar surface area (TPSA) is 67.7 Å². The summed E-state index contributed by atoms with van der Waals surface area (Å²) in [5, 5.41) is 5.61. The van der Waals surface area contributed by atoms with E-state index in [1.54, 1.807) is 29.2 Å². The van der Waals surface area contributed by atoms with Gasteiger partial charge in [-0.3, -0.25) is 14.5 Å². The molecule has 1 aliphatic rings. The van der Waals surface area contributed by atoms with Crippen molar-refractivity contribution in [2.75, 3.05) is 26.2 Å². The number of benzene rings is 2. The molecule has 0 radical (unpaired) electrons. The molecule has 7 nitrogen and oxygen atoms in total. The zero-order chi connectivity index (χ0) is 23.6. The molecular formula is C23H23F3N4O3. The molecule has 1 amide bonds. The summed E-state index contributed by atoms with van der Waals surface area (Å²) in [6.07, 6.45) is -4.71. The van der Waals surface area contributed by atoms with Gasteiger partial charge in [-0.15, -0.1) is 13.2 Å². The van der Waals surface area contributed by atoms with Crippen LogP contribution in [-0.4, -0.2) is 58.0 Å². The van der Waals surface area contributed by atoms with Crippen LogP contribution < -0.4 is 10.3 Å². The molecule has 174 valence electrons. The lowest BCUT2D eigenvalue weighted by atomic mass is 10.1. The first-order valence-corrected chi connectivity index (χ1v) is 10.5. The van der Waals surface area contributed by atoms with Crippen LogP contribution in [0.3, 0.4) is 0 Å². The van der Waals surface area contributed by atoms with Gasteiger partial charge >= 0.3 is 6.36 Å². The Morgan fingerprint density at radius 2 is 1.64 bits per heavy atom. The van der Waals surface area contributed by atoms with Crippen LogP contribution in [0.15, 0.2) is 53.3 Å². The fourth-order valence-electron chi connectivity index (χ4n) is 3.95. The summed E-state index contributed by atoms with van der Waals surface area (Å²) in [6.45, 7) is 4.47. The normalized spacial score (nSPS) is 15.1. The van der Waals surface area contributed by atoms with Crippen molar-refractivity contribution in [3.8, 4) is 5.75 Å². The summed E-state index contributed by atoms with van der Waals surface area (Å²) in [5.74, 6) is -0.429. The fourth-order valence-corrected chi connectivity index (χ4v) is 3.95. The first-order valence-electron chi connectivity index (χ1n) is 10.5. The van der Waals surface area contributed by atoms with Crippen LogP contribution in [0.4, 0.5) is 13.2 Å². The number of aryl methyl sites for hydroxylation is 1. The molecule has 1 saturated heterocycles. The van der Waals surface area contributed by atoms with Gasteiger partial charge in [0, 0.05) is 38.1 Å². The van der Waals surface area contributed by atoms with E-state index in [1.807, 2.05) is 19.1 Å². The summed E-state index contributed by atoms with van der Waals surface area (Å²) >= 11 is 0. The second kappa shape index (κ2) is 9.22. The molecule has 0 bridgehead atoms. The Morgan fingerprint density at radius 1 is 1.00 bits per heavy atom. The molecule has 0 spiro atoms. The van der Waals surface area contributed by atoms with E-state index in [0.29, 0.717) is 43.8 Å². The number of nitrogens with zero attached hydrogens (tertiary/aromatic N) is 4. The van der Waals surface area contributed by atoms with Crippen molar-refractivity contribution < 1.29 is 22.7 Å². The standard InChI is InChI=1S/C23H23F3N4O3/c1-16-19-4-2-3-5-20(19)22(32)30(27-16)15-21(31)29-12-10-28(11-13-29)14-17-6-8-18(9-7-17)33-23(24,25)26/h2-9H,10-15H2,1H3. The summed E-state index contributed by atoms with van der Waals surface area (Å²) in [7, 11) is 0. The van der Waals surface area contributed by atoms with Gasteiger partial charge in [0.1, 0.15) is 12.3 Å². The molecule has 33 heavy (non-hydrogen) atoms. The van der Waals surface area contributed by atoms with Gasteiger partial charge in [0.2, 0.25) is 5.91 Å². The lowest BCUT2D eigenvalue weighted by Crippen LogP contribution is -2.49. The maximum Gasteiger partial charge on any atom is 0.573 e. The molecular weight excluding hydrogens is 437 g/mol. The van der Waals surface area contributed by atoms with Gasteiger partial charge in [-0.25, -0.2) is 4.68 Å². The number of rotatable bonds is 5. The van der Waals surface area contributed by atoms with Crippen LogP contribution in [0, 0.1) is 6.92 Å². The minimum atomic E-state index is -4.71. The molecule has 4 rings (SSSR count). The minimum Gasteiger partial charge on any atom is -0.406 e. The molecule has 1 aliphatic heterocycles. The van der Waals surface area contributed by atoms with Gasteiger partial charge in [-0.1, -0.05) is 30.3 Å².